The van der Waals surface area contributed by atoms with Crippen LogP contribution >= 0.6 is 23.2 Å². The summed E-state index contributed by atoms with van der Waals surface area (Å²) in [7, 11) is 0. The van der Waals surface area contributed by atoms with E-state index in [-0.39, 0.29) is 5.69 Å². The standard InChI is InChI=1S/C20H18Cl2N4O/c21-15-2-1-3-16(22)18(15)11-4-7-14-17(8-11)24-20(27)25-19(14)26-12-5-6-13(26)10-23-9-12/h1-4,7-8,12-13,23H,5-6,9-10H2,(H,24,25,27). The molecule has 138 valence electrons. The van der Waals surface area contributed by atoms with Crippen molar-refractivity contribution in [2.45, 2.75) is 24.9 Å². The number of piperazine rings is 1. The topological polar surface area (TPSA) is 61.0 Å². The first-order valence-corrected chi connectivity index (χ1v) is 9.85. The van der Waals surface area contributed by atoms with Gasteiger partial charge < -0.3 is 15.2 Å². The number of aromatic amines is 1. The van der Waals surface area contributed by atoms with Crippen LogP contribution in [0.1, 0.15) is 12.8 Å². The van der Waals surface area contributed by atoms with Gasteiger partial charge in [0.2, 0.25) is 0 Å². The highest BCUT2D eigenvalue weighted by atomic mass is 35.5. The van der Waals surface area contributed by atoms with Gasteiger partial charge >= 0.3 is 5.69 Å². The molecule has 2 unspecified atom stereocenters. The predicted molar refractivity (Wildman–Crippen MR) is 110 cm³/mol. The van der Waals surface area contributed by atoms with Crippen molar-refractivity contribution in [2.24, 2.45) is 0 Å². The van der Waals surface area contributed by atoms with Gasteiger partial charge in [-0.3, -0.25) is 0 Å². The van der Waals surface area contributed by atoms with Crippen molar-refractivity contribution in [1.82, 2.24) is 15.3 Å². The summed E-state index contributed by atoms with van der Waals surface area (Å²) in [5.74, 6) is 0.777. The van der Waals surface area contributed by atoms with Crippen LogP contribution in [-0.4, -0.2) is 35.1 Å². The summed E-state index contributed by atoms with van der Waals surface area (Å²) in [4.78, 5) is 21.8. The molecule has 0 spiro atoms. The molecule has 3 heterocycles. The van der Waals surface area contributed by atoms with E-state index in [4.69, 9.17) is 23.2 Å². The van der Waals surface area contributed by atoms with Gasteiger partial charge in [0, 0.05) is 46.2 Å². The second-order valence-electron chi connectivity index (χ2n) is 7.17. The summed E-state index contributed by atoms with van der Waals surface area (Å²) in [5, 5.41) is 5.58. The zero-order chi connectivity index (χ0) is 18.5. The average molecular weight is 401 g/mol. The second kappa shape index (κ2) is 6.51. The minimum absolute atomic E-state index is 0.335. The third-order valence-corrected chi connectivity index (χ3v) is 6.22. The number of aromatic nitrogens is 2. The number of rotatable bonds is 2. The van der Waals surface area contributed by atoms with Crippen molar-refractivity contribution < 1.29 is 0 Å². The van der Waals surface area contributed by atoms with Gasteiger partial charge in [0.25, 0.3) is 0 Å². The molecule has 2 N–H and O–H groups in total. The molecule has 5 nitrogen and oxygen atoms in total. The maximum absolute atomic E-state index is 12.3. The van der Waals surface area contributed by atoms with Crippen LogP contribution in [0.4, 0.5) is 5.82 Å². The van der Waals surface area contributed by atoms with Crippen LogP contribution in [-0.2, 0) is 0 Å². The number of fused-ring (bicyclic) bond motifs is 3. The lowest BCUT2D eigenvalue weighted by atomic mass is 10.0. The maximum atomic E-state index is 12.3. The molecule has 2 aromatic carbocycles. The average Bonchev–Trinajstić information content (AvgIpc) is 2.88. The van der Waals surface area contributed by atoms with Gasteiger partial charge in [-0.1, -0.05) is 35.3 Å². The van der Waals surface area contributed by atoms with Crippen molar-refractivity contribution in [3.05, 3.63) is 56.9 Å². The molecule has 2 aliphatic heterocycles. The highest BCUT2D eigenvalue weighted by molar-refractivity contribution is 6.39. The monoisotopic (exact) mass is 400 g/mol. The molecule has 2 fully saturated rings. The lowest BCUT2D eigenvalue weighted by Crippen LogP contribution is -2.52. The van der Waals surface area contributed by atoms with Crippen molar-refractivity contribution in [3.8, 4) is 11.1 Å². The van der Waals surface area contributed by atoms with Crippen LogP contribution in [0.5, 0.6) is 0 Å². The largest absolute Gasteiger partial charge is 0.347 e. The number of nitrogens with zero attached hydrogens (tertiary/aromatic N) is 2. The van der Waals surface area contributed by atoms with E-state index < -0.39 is 0 Å². The summed E-state index contributed by atoms with van der Waals surface area (Å²) < 4.78 is 0. The molecular weight excluding hydrogens is 383 g/mol. The van der Waals surface area contributed by atoms with Crippen LogP contribution in [0, 0.1) is 0 Å². The molecule has 1 aromatic heterocycles. The Hall–Kier alpha value is -2.08. The van der Waals surface area contributed by atoms with Gasteiger partial charge in [-0.2, -0.15) is 4.98 Å². The van der Waals surface area contributed by atoms with Crippen molar-refractivity contribution in [2.75, 3.05) is 18.0 Å². The molecule has 0 amide bonds. The molecule has 3 aromatic rings. The molecule has 5 rings (SSSR count). The number of nitrogens with one attached hydrogen (secondary N) is 2. The molecule has 0 saturated carbocycles. The Morgan fingerprint density at radius 2 is 1.74 bits per heavy atom. The summed E-state index contributed by atoms with van der Waals surface area (Å²) in [5.41, 5.74) is 2.05. The summed E-state index contributed by atoms with van der Waals surface area (Å²) in [6.07, 6.45) is 2.25. The Labute approximate surface area is 166 Å². The number of hydrogen-bond acceptors (Lipinski definition) is 4. The van der Waals surface area contributed by atoms with E-state index in [2.05, 4.69) is 20.2 Å². The molecule has 2 bridgehead atoms. The highest BCUT2D eigenvalue weighted by Gasteiger charge is 2.38. The first-order valence-electron chi connectivity index (χ1n) is 9.09. The van der Waals surface area contributed by atoms with Gasteiger partial charge in [0.05, 0.1) is 5.52 Å². The maximum Gasteiger partial charge on any atom is 0.347 e. The molecule has 2 saturated heterocycles. The highest BCUT2D eigenvalue weighted by Crippen LogP contribution is 2.38. The predicted octanol–water partition coefficient (Wildman–Crippen LogP) is 3.84. The van der Waals surface area contributed by atoms with Crippen LogP contribution in [0.25, 0.3) is 22.0 Å². The van der Waals surface area contributed by atoms with Crippen molar-refractivity contribution in [1.29, 1.82) is 0 Å². The van der Waals surface area contributed by atoms with Gasteiger partial charge in [-0.05, 0) is 42.7 Å². The first-order chi connectivity index (χ1) is 13.1. The van der Waals surface area contributed by atoms with Gasteiger partial charge in [-0.15, -0.1) is 0 Å². The van der Waals surface area contributed by atoms with Crippen LogP contribution < -0.4 is 15.9 Å². The quantitative estimate of drug-likeness (QED) is 0.685. The first kappa shape index (κ1) is 17.0. The molecule has 27 heavy (non-hydrogen) atoms. The Balaban J connectivity index is 1.68. The number of H-pyrrole nitrogens is 1. The molecule has 0 aliphatic carbocycles. The summed E-state index contributed by atoms with van der Waals surface area (Å²) >= 11 is 12.7. The lowest BCUT2D eigenvalue weighted by molar-refractivity contribution is 0.482. The minimum Gasteiger partial charge on any atom is -0.347 e. The SMILES string of the molecule is O=c1nc(N2C3CCC2CNC3)c2ccc(-c3c(Cl)cccc3Cl)cc2[nH]1. The van der Waals surface area contributed by atoms with Crippen molar-refractivity contribution >= 4 is 39.9 Å². The molecule has 7 heteroatoms. The van der Waals surface area contributed by atoms with E-state index in [1.54, 1.807) is 0 Å². The summed E-state index contributed by atoms with van der Waals surface area (Å²) in [6, 6.07) is 12.1. The fraction of sp³-hybridized carbons (Fsp3) is 0.300. The van der Waals surface area contributed by atoms with E-state index in [1.165, 1.54) is 0 Å². The lowest BCUT2D eigenvalue weighted by Gasteiger charge is -2.36. The molecule has 2 atom stereocenters. The molecular formula is C20H18Cl2N4O. The van der Waals surface area contributed by atoms with Crippen LogP contribution in [0.2, 0.25) is 10.0 Å². The summed E-state index contributed by atoms with van der Waals surface area (Å²) in [6.45, 7) is 1.86. The number of hydrogen-bond donors (Lipinski definition) is 2. The van der Waals surface area contributed by atoms with E-state index >= 15 is 0 Å². The minimum atomic E-state index is -0.335. The molecule has 2 aliphatic rings. The van der Waals surface area contributed by atoms with E-state index in [9.17, 15) is 4.79 Å². The van der Waals surface area contributed by atoms with Gasteiger partial charge in [-0.25, -0.2) is 4.79 Å². The Bertz CT molecular complexity index is 1060. The Kier molecular flexibility index (Phi) is 4.11. The van der Waals surface area contributed by atoms with Crippen LogP contribution in [0.15, 0.2) is 41.2 Å². The van der Waals surface area contributed by atoms with E-state index in [0.717, 1.165) is 53.8 Å². The van der Waals surface area contributed by atoms with E-state index in [0.29, 0.717) is 22.1 Å². The fourth-order valence-electron chi connectivity index (χ4n) is 4.39. The van der Waals surface area contributed by atoms with Gasteiger partial charge in [0.15, 0.2) is 0 Å². The molecule has 0 radical (unpaired) electrons. The Morgan fingerprint density at radius 1 is 1.04 bits per heavy atom. The van der Waals surface area contributed by atoms with Crippen LogP contribution in [0.3, 0.4) is 0 Å². The van der Waals surface area contributed by atoms with E-state index in [1.807, 2.05) is 36.4 Å². The fourth-order valence-corrected chi connectivity index (χ4v) is 5.01. The zero-order valence-electron chi connectivity index (χ0n) is 14.5. The third-order valence-electron chi connectivity index (χ3n) is 5.59. The third kappa shape index (κ3) is 2.81. The zero-order valence-corrected chi connectivity index (χ0v) is 16.0. The number of anilines is 1. The number of benzene rings is 2. The van der Waals surface area contributed by atoms with Gasteiger partial charge in [0.1, 0.15) is 5.82 Å². The normalized spacial score (nSPS) is 21.8. The Morgan fingerprint density at radius 3 is 2.44 bits per heavy atom. The number of halogens is 2. The second-order valence-corrected chi connectivity index (χ2v) is 7.99. The smallest absolute Gasteiger partial charge is 0.347 e. The van der Waals surface area contributed by atoms with Crippen molar-refractivity contribution in [3.63, 3.8) is 0 Å².